The molecule has 0 unspecified atom stereocenters. The highest BCUT2D eigenvalue weighted by molar-refractivity contribution is 7.89. The number of nitrogens with one attached hydrogen (secondary N) is 1. The second-order valence-electron chi connectivity index (χ2n) is 4.48. The van der Waals surface area contributed by atoms with E-state index in [4.69, 9.17) is 27.9 Å². The average Bonchev–Trinajstić information content (AvgIpc) is 2.49. The maximum atomic E-state index is 12.3. The first-order chi connectivity index (χ1) is 10.4. The first-order valence-corrected chi connectivity index (χ1v) is 8.83. The van der Waals surface area contributed by atoms with E-state index in [1.807, 2.05) is 6.92 Å². The highest BCUT2D eigenvalue weighted by Crippen LogP contribution is 2.25. The summed E-state index contributed by atoms with van der Waals surface area (Å²) in [7, 11) is -3.73. The summed E-state index contributed by atoms with van der Waals surface area (Å²) in [5.74, 6) is 0.743. The van der Waals surface area contributed by atoms with Crippen molar-refractivity contribution in [1.29, 1.82) is 0 Å². The van der Waals surface area contributed by atoms with E-state index in [9.17, 15) is 8.42 Å². The minimum atomic E-state index is -3.73. The molecule has 7 heteroatoms. The van der Waals surface area contributed by atoms with Crippen LogP contribution in [0.3, 0.4) is 0 Å². The molecular weight excluding hydrogens is 345 g/mol. The largest absolute Gasteiger partial charge is 0.494 e. The van der Waals surface area contributed by atoms with Gasteiger partial charge in [0.2, 0.25) is 10.0 Å². The van der Waals surface area contributed by atoms with E-state index in [2.05, 4.69) is 4.72 Å². The molecule has 2 aromatic carbocycles. The molecule has 0 heterocycles. The van der Waals surface area contributed by atoms with Crippen LogP contribution in [0.4, 0.5) is 0 Å². The van der Waals surface area contributed by atoms with Gasteiger partial charge in [-0.1, -0.05) is 35.3 Å². The maximum absolute atomic E-state index is 12.3. The van der Waals surface area contributed by atoms with Gasteiger partial charge in [-0.3, -0.25) is 0 Å². The van der Waals surface area contributed by atoms with Crippen LogP contribution in [0, 0.1) is 0 Å². The molecule has 0 spiro atoms. The molecule has 0 aliphatic heterocycles. The van der Waals surface area contributed by atoms with Crippen LogP contribution >= 0.6 is 23.2 Å². The summed E-state index contributed by atoms with van der Waals surface area (Å²) in [5.41, 5.74) is 0.810. The molecule has 0 aliphatic rings. The number of benzene rings is 2. The van der Waals surface area contributed by atoms with Crippen molar-refractivity contribution in [3.8, 4) is 5.75 Å². The zero-order valence-electron chi connectivity index (χ0n) is 11.8. The van der Waals surface area contributed by atoms with Crippen LogP contribution in [0.1, 0.15) is 12.5 Å². The fourth-order valence-corrected chi connectivity index (χ4v) is 3.59. The molecule has 22 heavy (non-hydrogen) atoms. The molecule has 2 aromatic rings. The zero-order chi connectivity index (χ0) is 16.2. The van der Waals surface area contributed by atoms with Gasteiger partial charge in [-0.25, -0.2) is 13.1 Å². The van der Waals surface area contributed by atoms with Gasteiger partial charge >= 0.3 is 0 Å². The zero-order valence-corrected chi connectivity index (χ0v) is 14.2. The Hall–Kier alpha value is -1.27. The van der Waals surface area contributed by atoms with Crippen molar-refractivity contribution in [3.05, 3.63) is 58.1 Å². The van der Waals surface area contributed by atoms with E-state index in [0.717, 1.165) is 11.3 Å². The average molecular weight is 360 g/mol. The lowest BCUT2D eigenvalue weighted by atomic mass is 10.2. The van der Waals surface area contributed by atoms with E-state index in [1.54, 1.807) is 24.3 Å². The van der Waals surface area contributed by atoms with Gasteiger partial charge in [0.25, 0.3) is 0 Å². The lowest BCUT2D eigenvalue weighted by Crippen LogP contribution is -2.23. The van der Waals surface area contributed by atoms with Gasteiger partial charge in [0.1, 0.15) is 10.6 Å². The monoisotopic (exact) mass is 359 g/mol. The van der Waals surface area contributed by atoms with Crippen molar-refractivity contribution in [2.24, 2.45) is 0 Å². The van der Waals surface area contributed by atoms with Crippen molar-refractivity contribution in [1.82, 2.24) is 4.72 Å². The molecule has 118 valence electrons. The molecule has 0 bridgehead atoms. The molecule has 0 amide bonds. The third-order valence-corrected chi connectivity index (χ3v) is 5.00. The van der Waals surface area contributed by atoms with E-state index in [0.29, 0.717) is 11.6 Å². The van der Waals surface area contributed by atoms with Gasteiger partial charge in [0.05, 0.1) is 11.6 Å². The Bertz CT molecular complexity index is 746. The van der Waals surface area contributed by atoms with Crippen molar-refractivity contribution in [3.63, 3.8) is 0 Å². The van der Waals surface area contributed by atoms with Gasteiger partial charge in [-0.15, -0.1) is 0 Å². The Morgan fingerprint density at radius 3 is 2.41 bits per heavy atom. The van der Waals surface area contributed by atoms with Gasteiger partial charge in [-0.2, -0.15) is 0 Å². The van der Waals surface area contributed by atoms with Crippen molar-refractivity contribution < 1.29 is 13.2 Å². The second-order valence-corrected chi connectivity index (χ2v) is 7.06. The highest BCUT2D eigenvalue weighted by atomic mass is 35.5. The van der Waals surface area contributed by atoms with Crippen LogP contribution in [-0.2, 0) is 16.6 Å². The van der Waals surface area contributed by atoms with E-state index < -0.39 is 10.0 Å². The highest BCUT2D eigenvalue weighted by Gasteiger charge is 2.18. The SMILES string of the molecule is CCOc1ccc(CNS(=O)(=O)c2cc(Cl)ccc2Cl)cc1. The maximum Gasteiger partial charge on any atom is 0.242 e. The fourth-order valence-electron chi connectivity index (χ4n) is 1.81. The number of ether oxygens (including phenoxy) is 1. The predicted octanol–water partition coefficient (Wildman–Crippen LogP) is 3.87. The van der Waals surface area contributed by atoms with Gasteiger partial charge in [0, 0.05) is 11.6 Å². The van der Waals surface area contributed by atoms with Crippen LogP contribution in [0.15, 0.2) is 47.4 Å². The molecule has 0 aromatic heterocycles. The van der Waals surface area contributed by atoms with E-state index in [-0.39, 0.29) is 16.5 Å². The molecule has 0 saturated carbocycles. The molecule has 0 aliphatic carbocycles. The molecule has 0 atom stereocenters. The summed E-state index contributed by atoms with van der Waals surface area (Å²) >= 11 is 11.7. The quantitative estimate of drug-likeness (QED) is 0.851. The predicted molar refractivity (Wildman–Crippen MR) is 88.1 cm³/mol. The normalized spacial score (nSPS) is 11.4. The first-order valence-electron chi connectivity index (χ1n) is 6.59. The summed E-state index contributed by atoms with van der Waals surface area (Å²) in [4.78, 5) is -0.0346. The molecule has 0 radical (unpaired) electrons. The topological polar surface area (TPSA) is 55.4 Å². The number of hydrogen-bond acceptors (Lipinski definition) is 3. The minimum absolute atomic E-state index is 0.0346. The third-order valence-electron chi connectivity index (χ3n) is 2.88. The Kier molecular flexibility index (Phi) is 5.69. The molecule has 4 nitrogen and oxygen atoms in total. The van der Waals surface area contributed by atoms with Crippen LogP contribution < -0.4 is 9.46 Å². The van der Waals surface area contributed by atoms with Gasteiger partial charge in [0.15, 0.2) is 0 Å². The lowest BCUT2D eigenvalue weighted by Gasteiger charge is -2.09. The third kappa shape index (κ3) is 4.36. The lowest BCUT2D eigenvalue weighted by molar-refractivity contribution is 0.340. The van der Waals surface area contributed by atoms with Crippen molar-refractivity contribution in [2.75, 3.05) is 6.61 Å². The second kappa shape index (κ2) is 7.33. The number of hydrogen-bond donors (Lipinski definition) is 1. The van der Waals surface area contributed by atoms with Crippen LogP contribution in [0.2, 0.25) is 10.0 Å². The van der Waals surface area contributed by atoms with Crippen LogP contribution in [0.25, 0.3) is 0 Å². The molecule has 0 saturated heterocycles. The smallest absolute Gasteiger partial charge is 0.242 e. The molecule has 1 N–H and O–H groups in total. The van der Waals surface area contributed by atoms with Crippen LogP contribution in [0.5, 0.6) is 5.75 Å². The minimum Gasteiger partial charge on any atom is -0.494 e. The Morgan fingerprint density at radius 1 is 1.09 bits per heavy atom. The van der Waals surface area contributed by atoms with E-state index >= 15 is 0 Å². The summed E-state index contributed by atoms with van der Waals surface area (Å²) < 4.78 is 32.4. The Balaban J connectivity index is 2.11. The van der Waals surface area contributed by atoms with Crippen molar-refractivity contribution in [2.45, 2.75) is 18.4 Å². The number of sulfonamides is 1. The Morgan fingerprint density at radius 2 is 1.77 bits per heavy atom. The van der Waals surface area contributed by atoms with E-state index in [1.165, 1.54) is 18.2 Å². The summed E-state index contributed by atoms with van der Waals surface area (Å²) in [5, 5.41) is 0.439. The molecule has 2 rings (SSSR count). The number of rotatable bonds is 6. The molecular formula is C15H15Cl2NO3S. The van der Waals surface area contributed by atoms with Crippen LogP contribution in [-0.4, -0.2) is 15.0 Å². The summed E-state index contributed by atoms with van der Waals surface area (Å²) in [6.07, 6.45) is 0. The standard InChI is InChI=1S/C15H15Cl2NO3S/c1-2-21-13-6-3-11(4-7-13)10-18-22(19,20)15-9-12(16)5-8-14(15)17/h3-9,18H,2,10H2,1H3. The first kappa shape index (κ1) is 17.1. The fraction of sp³-hybridized carbons (Fsp3) is 0.200. The van der Waals surface area contributed by atoms with Crippen molar-refractivity contribution >= 4 is 33.2 Å². The number of halogens is 2. The van der Waals surface area contributed by atoms with Gasteiger partial charge in [-0.05, 0) is 42.8 Å². The summed E-state index contributed by atoms with van der Waals surface area (Å²) in [6, 6.07) is 11.5. The Labute approximate surface area is 140 Å². The van der Waals surface area contributed by atoms with Gasteiger partial charge < -0.3 is 4.74 Å². The molecule has 0 fully saturated rings. The summed E-state index contributed by atoms with van der Waals surface area (Å²) in [6.45, 7) is 2.63.